The summed E-state index contributed by atoms with van der Waals surface area (Å²) in [6.07, 6.45) is 2.70. The molecular weight excluding hydrogens is 289 g/mol. The standard InChI is InChI=1S/C12H11Cl2N3O2/c1-8(6-10(18)19-2)4-3-5-15-11-9(13)7-16-12(14)17-11/h6-7H,5H2,1-2H3,(H,15,16,17)/b8-6+. The third-order valence-electron chi connectivity index (χ3n) is 1.88. The summed E-state index contributed by atoms with van der Waals surface area (Å²) in [6, 6.07) is 0. The largest absolute Gasteiger partial charge is 0.466 e. The Morgan fingerprint density at radius 1 is 1.58 bits per heavy atom. The molecule has 0 aliphatic carbocycles. The number of aromatic nitrogens is 2. The maximum absolute atomic E-state index is 10.9. The van der Waals surface area contributed by atoms with Crippen LogP contribution in [0.25, 0.3) is 0 Å². The molecule has 0 saturated carbocycles. The molecule has 0 unspecified atom stereocenters. The highest BCUT2D eigenvalue weighted by Crippen LogP contribution is 2.18. The molecular formula is C12H11Cl2N3O2. The van der Waals surface area contributed by atoms with Gasteiger partial charge in [0.25, 0.3) is 0 Å². The van der Waals surface area contributed by atoms with Crippen LogP contribution >= 0.6 is 23.2 Å². The van der Waals surface area contributed by atoms with Gasteiger partial charge in [-0.25, -0.2) is 9.78 Å². The number of nitrogens with one attached hydrogen (secondary N) is 1. The van der Waals surface area contributed by atoms with Crippen LogP contribution in [0.15, 0.2) is 17.8 Å². The first-order valence-electron chi connectivity index (χ1n) is 5.20. The Balaban J connectivity index is 2.58. The van der Waals surface area contributed by atoms with E-state index in [-0.39, 0.29) is 5.28 Å². The minimum atomic E-state index is -0.439. The van der Waals surface area contributed by atoms with Gasteiger partial charge < -0.3 is 10.1 Å². The lowest BCUT2D eigenvalue weighted by atomic mass is 10.3. The van der Waals surface area contributed by atoms with Crippen LogP contribution in [0.2, 0.25) is 10.3 Å². The molecule has 1 N–H and O–H groups in total. The molecule has 0 aliphatic rings. The Morgan fingerprint density at radius 2 is 2.32 bits per heavy atom. The zero-order valence-corrected chi connectivity index (χ0v) is 11.8. The minimum Gasteiger partial charge on any atom is -0.466 e. The van der Waals surface area contributed by atoms with Crippen LogP contribution in [-0.2, 0) is 9.53 Å². The van der Waals surface area contributed by atoms with Crippen LogP contribution in [0.4, 0.5) is 5.82 Å². The topological polar surface area (TPSA) is 64.1 Å². The Morgan fingerprint density at radius 3 is 3.00 bits per heavy atom. The summed E-state index contributed by atoms with van der Waals surface area (Å²) >= 11 is 11.5. The van der Waals surface area contributed by atoms with Gasteiger partial charge >= 0.3 is 5.97 Å². The van der Waals surface area contributed by atoms with Crippen LogP contribution in [0.1, 0.15) is 6.92 Å². The predicted molar refractivity (Wildman–Crippen MR) is 74.1 cm³/mol. The molecule has 1 heterocycles. The molecule has 0 aromatic carbocycles. The molecule has 1 rings (SSSR count). The second-order valence-electron chi connectivity index (χ2n) is 3.34. The molecule has 0 radical (unpaired) electrons. The summed E-state index contributed by atoms with van der Waals surface area (Å²) < 4.78 is 4.48. The van der Waals surface area contributed by atoms with Crippen LogP contribution in [0, 0.1) is 11.8 Å². The Hall–Kier alpha value is -1.77. The van der Waals surface area contributed by atoms with Crippen LogP contribution in [0.3, 0.4) is 0 Å². The fraction of sp³-hybridized carbons (Fsp3) is 0.250. The lowest BCUT2D eigenvalue weighted by Crippen LogP contribution is -2.02. The van der Waals surface area contributed by atoms with Crippen LogP contribution in [-0.4, -0.2) is 29.6 Å². The van der Waals surface area contributed by atoms with Gasteiger partial charge in [0.15, 0.2) is 5.82 Å². The predicted octanol–water partition coefficient (Wildman–Crippen LogP) is 2.32. The minimum absolute atomic E-state index is 0.0987. The molecule has 0 aliphatic heterocycles. The molecule has 100 valence electrons. The lowest BCUT2D eigenvalue weighted by molar-refractivity contribution is -0.134. The monoisotopic (exact) mass is 299 g/mol. The van der Waals surface area contributed by atoms with Gasteiger partial charge in [-0.2, -0.15) is 4.98 Å². The Labute approximate surface area is 121 Å². The third kappa shape index (κ3) is 5.60. The molecule has 19 heavy (non-hydrogen) atoms. The Bertz CT molecular complexity index is 562. The SMILES string of the molecule is COC(=O)/C=C(\C)C#CCNc1nc(Cl)ncc1Cl. The number of allylic oxidation sites excluding steroid dienone is 1. The highest BCUT2D eigenvalue weighted by Gasteiger charge is 2.01. The van der Waals surface area contributed by atoms with Crippen molar-refractivity contribution in [3.8, 4) is 11.8 Å². The number of rotatable bonds is 3. The smallest absolute Gasteiger partial charge is 0.331 e. The van der Waals surface area contributed by atoms with Crippen molar-refractivity contribution in [3.05, 3.63) is 28.2 Å². The summed E-state index contributed by atoms with van der Waals surface area (Å²) in [5.74, 6) is 5.56. The second-order valence-corrected chi connectivity index (χ2v) is 4.09. The molecule has 1 aromatic heterocycles. The molecule has 5 nitrogen and oxygen atoms in total. The number of esters is 1. The number of anilines is 1. The van der Waals surface area contributed by atoms with E-state index >= 15 is 0 Å². The fourth-order valence-electron chi connectivity index (χ4n) is 1.05. The summed E-state index contributed by atoms with van der Waals surface area (Å²) in [5, 5.41) is 3.35. The van der Waals surface area contributed by atoms with Gasteiger partial charge in [0.05, 0.1) is 19.9 Å². The molecule has 1 aromatic rings. The average molecular weight is 300 g/mol. The van der Waals surface area contributed by atoms with E-state index in [1.165, 1.54) is 19.4 Å². The van der Waals surface area contributed by atoms with Crippen LogP contribution < -0.4 is 5.32 Å². The van der Waals surface area contributed by atoms with Crippen molar-refractivity contribution in [2.75, 3.05) is 19.0 Å². The molecule has 0 atom stereocenters. The first-order valence-corrected chi connectivity index (χ1v) is 5.95. The van der Waals surface area contributed by atoms with Crippen molar-refractivity contribution in [3.63, 3.8) is 0 Å². The summed E-state index contributed by atoms with van der Waals surface area (Å²) in [5.41, 5.74) is 0.598. The van der Waals surface area contributed by atoms with Gasteiger partial charge in [0, 0.05) is 11.6 Å². The number of halogens is 2. The number of carbonyl (C=O) groups excluding carboxylic acids is 1. The number of carbonyl (C=O) groups is 1. The molecule has 0 fully saturated rings. The lowest BCUT2D eigenvalue weighted by Gasteiger charge is -2.02. The summed E-state index contributed by atoms with van der Waals surface area (Å²) in [4.78, 5) is 18.6. The number of nitrogens with zero attached hydrogens (tertiary/aromatic N) is 2. The third-order valence-corrected chi connectivity index (χ3v) is 2.34. The van der Waals surface area contributed by atoms with E-state index in [0.29, 0.717) is 23.0 Å². The number of methoxy groups -OCH3 is 1. The molecule has 0 bridgehead atoms. The van der Waals surface area contributed by atoms with Gasteiger partial charge in [-0.05, 0) is 18.5 Å². The van der Waals surface area contributed by atoms with E-state index in [9.17, 15) is 4.79 Å². The van der Waals surface area contributed by atoms with E-state index < -0.39 is 5.97 Å². The van der Waals surface area contributed by atoms with Gasteiger partial charge in [0.2, 0.25) is 5.28 Å². The van der Waals surface area contributed by atoms with Gasteiger partial charge in [-0.1, -0.05) is 23.4 Å². The van der Waals surface area contributed by atoms with E-state index in [1.807, 2.05) is 0 Å². The average Bonchev–Trinajstić information content (AvgIpc) is 2.38. The zero-order valence-electron chi connectivity index (χ0n) is 10.3. The molecule has 0 saturated heterocycles. The van der Waals surface area contributed by atoms with Gasteiger partial charge in [-0.15, -0.1) is 0 Å². The van der Waals surface area contributed by atoms with E-state index in [1.54, 1.807) is 6.92 Å². The van der Waals surface area contributed by atoms with E-state index in [0.717, 1.165) is 0 Å². The van der Waals surface area contributed by atoms with Crippen molar-refractivity contribution < 1.29 is 9.53 Å². The molecule has 0 amide bonds. The summed E-state index contributed by atoms with van der Waals surface area (Å²) in [7, 11) is 1.31. The van der Waals surface area contributed by atoms with Gasteiger partial charge in [0.1, 0.15) is 5.02 Å². The van der Waals surface area contributed by atoms with Crippen molar-refractivity contribution in [2.45, 2.75) is 6.92 Å². The maximum atomic E-state index is 10.9. The zero-order chi connectivity index (χ0) is 14.3. The van der Waals surface area contributed by atoms with E-state index in [4.69, 9.17) is 23.2 Å². The van der Waals surface area contributed by atoms with Crippen molar-refractivity contribution >= 4 is 35.0 Å². The normalized spacial score (nSPS) is 10.4. The Kier molecular flexibility index (Phi) is 6.13. The van der Waals surface area contributed by atoms with Crippen molar-refractivity contribution in [2.24, 2.45) is 0 Å². The molecule has 0 spiro atoms. The van der Waals surface area contributed by atoms with Gasteiger partial charge in [-0.3, -0.25) is 0 Å². The quantitative estimate of drug-likeness (QED) is 0.402. The fourth-order valence-corrected chi connectivity index (χ4v) is 1.34. The van der Waals surface area contributed by atoms with Crippen LogP contribution in [0.5, 0.6) is 0 Å². The number of hydrogen-bond donors (Lipinski definition) is 1. The maximum Gasteiger partial charge on any atom is 0.331 e. The first-order chi connectivity index (χ1) is 9.02. The van der Waals surface area contributed by atoms with E-state index in [2.05, 4.69) is 31.9 Å². The van der Waals surface area contributed by atoms with Crippen molar-refractivity contribution in [1.29, 1.82) is 0 Å². The summed E-state index contributed by atoms with van der Waals surface area (Å²) in [6.45, 7) is 2.01. The van der Waals surface area contributed by atoms with Crippen molar-refractivity contribution in [1.82, 2.24) is 9.97 Å². The highest BCUT2D eigenvalue weighted by molar-refractivity contribution is 6.33. The number of hydrogen-bond acceptors (Lipinski definition) is 5. The first kappa shape index (κ1) is 15.3. The second kappa shape index (κ2) is 7.62. The number of ether oxygens (including phenoxy) is 1. The molecule has 7 heteroatoms. The highest BCUT2D eigenvalue weighted by atomic mass is 35.5.